The van der Waals surface area contributed by atoms with Gasteiger partial charge >= 0.3 is 0 Å². The lowest BCUT2D eigenvalue weighted by Crippen LogP contribution is -2.14. The van der Waals surface area contributed by atoms with Gasteiger partial charge in [-0.2, -0.15) is 0 Å². The minimum atomic E-state index is -0.602. The summed E-state index contributed by atoms with van der Waals surface area (Å²) >= 11 is 5.82. The number of nitro groups is 1. The Bertz CT molecular complexity index is 699. The van der Waals surface area contributed by atoms with Crippen molar-refractivity contribution in [2.75, 3.05) is 5.32 Å². The molecule has 2 rings (SSSR count). The zero-order valence-electron chi connectivity index (χ0n) is 12.0. The lowest BCUT2D eigenvalue weighted by molar-refractivity contribution is -0.385. The number of rotatable bonds is 5. The Kier molecular flexibility index (Phi) is 5.12. The molecule has 0 unspecified atom stereocenters. The molecule has 22 heavy (non-hydrogen) atoms. The van der Waals surface area contributed by atoms with E-state index in [1.54, 1.807) is 12.1 Å². The van der Waals surface area contributed by atoms with Crippen molar-refractivity contribution in [2.45, 2.75) is 19.8 Å². The lowest BCUT2D eigenvalue weighted by atomic mass is 10.1. The summed E-state index contributed by atoms with van der Waals surface area (Å²) in [5, 5.41) is 13.9. The third-order valence-electron chi connectivity index (χ3n) is 3.15. The molecule has 0 fully saturated rings. The van der Waals surface area contributed by atoms with Crippen LogP contribution in [-0.4, -0.2) is 10.8 Å². The Morgan fingerprint density at radius 3 is 2.50 bits per heavy atom. The predicted octanol–water partition coefficient (Wildman–Crippen LogP) is 4.45. The highest BCUT2D eigenvalue weighted by atomic mass is 35.5. The molecule has 114 valence electrons. The van der Waals surface area contributed by atoms with E-state index in [0.717, 1.165) is 12.8 Å². The van der Waals surface area contributed by atoms with Crippen LogP contribution in [-0.2, 0) is 6.42 Å². The normalized spacial score (nSPS) is 10.3. The Morgan fingerprint density at radius 2 is 1.91 bits per heavy atom. The average molecular weight is 319 g/mol. The quantitative estimate of drug-likeness (QED) is 0.653. The summed E-state index contributed by atoms with van der Waals surface area (Å²) in [5.41, 5.74) is 1.42. The Morgan fingerprint density at radius 1 is 1.23 bits per heavy atom. The van der Waals surface area contributed by atoms with Gasteiger partial charge in [-0.25, -0.2) is 0 Å². The number of carbonyl (C=O) groups is 1. The highest BCUT2D eigenvalue weighted by Gasteiger charge is 2.20. The van der Waals surface area contributed by atoms with Crippen molar-refractivity contribution in [3.8, 4) is 0 Å². The summed E-state index contributed by atoms with van der Waals surface area (Å²) in [6.07, 6.45) is 2.01. The van der Waals surface area contributed by atoms with Crippen molar-refractivity contribution in [1.82, 2.24) is 0 Å². The van der Waals surface area contributed by atoms with Gasteiger partial charge in [0.2, 0.25) is 0 Å². The van der Waals surface area contributed by atoms with E-state index < -0.39 is 10.8 Å². The Balaban J connectivity index is 2.22. The van der Waals surface area contributed by atoms with Crippen molar-refractivity contribution < 1.29 is 9.72 Å². The molecule has 0 atom stereocenters. The molecule has 1 amide bonds. The highest BCUT2D eigenvalue weighted by molar-refractivity contribution is 6.31. The number of nitro benzene ring substituents is 1. The lowest BCUT2D eigenvalue weighted by Gasteiger charge is -2.07. The topological polar surface area (TPSA) is 72.2 Å². The maximum absolute atomic E-state index is 12.2. The molecule has 0 spiro atoms. The first-order valence-electron chi connectivity index (χ1n) is 6.85. The second-order valence-corrected chi connectivity index (χ2v) is 5.26. The number of benzene rings is 2. The van der Waals surface area contributed by atoms with Gasteiger partial charge in [0.05, 0.1) is 4.92 Å². The molecule has 0 saturated carbocycles. The fraction of sp³-hybridized carbons (Fsp3) is 0.188. The van der Waals surface area contributed by atoms with Gasteiger partial charge in [-0.05, 0) is 36.2 Å². The van der Waals surface area contributed by atoms with Crippen LogP contribution in [0.1, 0.15) is 29.3 Å². The maximum atomic E-state index is 12.2. The van der Waals surface area contributed by atoms with E-state index in [2.05, 4.69) is 12.2 Å². The van der Waals surface area contributed by atoms with E-state index in [1.165, 1.54) is 23.8 Å². The van der Waals surface area contributed by atoms with Crippen LogP contribution in [0.3, 0.4) is 0 Å². The van der Waals surface area contributed by atoms with Gasteiger partial charge in [0, 0.05) is 16.8 Å². The van der Waals surface area contributed by atoms with Crippen molar-refractivity contribution in [1.29, 1.82) is 0 Å². The van der Waals surface area contributed by atoms with E-state index in [0.29, 0.717) is 5.69 Å². The largest absolute Gasteiger partial charge is 0.322 e. The molecule has 1 N–H and O–H groups in total. The number of anilines is 1. The summed E-state index contributed by atoms with van der Waals surface area (Å²) in [7, 11) is 0. The number of aryl methyl sites for hydroxylation is 1. The SMILES string of the molecule is CCCc1ccc(NC(=O)c2cc(Cl)ccc2[N+](=O)[O-])cc1. The second kappa shape index (κ2) is 7.04. The number of hydrogen-bond acceptors (Lipinski definition) is 3. The van der Waals surface area contributed by atoms with Gasteiger partial charge in [-0.1, -0.05) is 37.1 Å². The summed E-state index contributed by atoms with van der Waals surface area (Å²) in [6.45, 7) is 2.09. The summed E-state index contributed by atoms with van der Waals surface area (Å²) in [5.74, 6) is -0.558. The van der Waals surface area contributed by atoms with Crippen LogP contribution < -0.4 is 5.32 Å². The van der Waals surface area contributed by atoms with Crippen LogP contribution in [0.15, 0.2) is 42.5 Å². The van der Waals surface area contributed by atoms with Crippen LogP contribution in [0.4, 0.5) is 11.4 Å². The van der Waals surface area contributed by atoms with E-state index >= 15 is 0 Å². The molecule has 0 aliphatic heterocycles. The third-order valence-corrected chi connectivity index (χ3v) is 3.39. The molecule has 0 aliphatic carbocycles. The zero-order valence-corrected chi connectivity index (χ0v) is 12.8. The van der Waals surface area contributed by atoms with Crippen LogP contribution in [0.5, 0.6) is 0 Å². The van der Waals surface area contributed by atoms with Gasteiger partial charge in [0.1, 0.15) is 5.56 Å². The molecular formula is C16H15ClN2O3. The second-order valence-electron chi connectivity index (χ2n) is 4.82. The monoisotopic (exact) mass is 318 g/mol. The zero-order chi connectivity index (χ0) is 16.1. The van der Waals surface area contributed by atoms with Crippen molar-refractivity contribution in [3.05, 3.63) is 68.7 Å². The summed E-state index contributed by atoms with van der Waals surface area (Å²) < 4.78 is 0. The molecule has 2 aromatic carbocycles. The van der Waals surface area contributed by atoms with Gasteiger partial charge in [-0.3, -0.25) is 14.9 Å². The third kappa shape index (κ3) is 3.83. The maximum Gasteiger partial charge on any atom is 0.282 e. The number of amides is 1. The predicted molar refractivity (Wildman–Crippen MR) is 86.5 cm³/mol. The first kappa shape index (κ1) is 16.0. The fourth-order valence-corrected chi connectivity index (χ4v) is 2.26. The molecule has 0 radical (unpaired) electrons. The smallest absolute Gasteiger partial charge is 0.282 e. The first-order valence-corrected chi connectivity index (χ1v) is 7.23. The standard InChI is InChI=1S/C16H15ClN2O3/c1-2-3-11-4-7-13(8-5-11)18-16(20)14-10-12(17)6-9-15(14)19(21)22/h4-10H,2-3H2,1H3,(H,18,20). The van der Waals surface area contributed by atoms with Gasteiger partial charge in [0.15, 0.2) is 0 Å². The number of nitrogens with zero attached hydrogens (tertiary/aromatic N) is 1. The van der Waals surface area contributed by atoms with E-state index in [1.807, 2.05) is 12.1 Å². The molecule has 6 heteroatoms. The minimum Gasteiger partial charge on any atom is -0.322 e. The summed E-state index contributed by atoms with van der Waals surface area (Å²) in [6, 6.07) is 11.3. The Hall–Kier alpha value is -2.40. The molecule has 5 nitrogen and oxygen atoms in total. The molecule has 0 saturated heterocycles. The van der Waals surface area contributed by atoms with Crippen molar-refractivity contribution in [2.24, 2.45) is 0 Å². The minimum absolute atomic E-state index is 0.0601. The van der Waals surface area contributed by atoms with E-state index in [9.17, 15) is 14.9 Å². The average Bonchev–Trinajstić information content (AvgIpc) is 2.49. The summed E-state index contributed by atoms with van der Waals surface area (Å²) in [4.78, 5) is 22.6. The van der Waals surface area contributed by atoms with Crippen LogP contribution in [0.2, 0.25) is 5.02 Å². The van der Waals surface area contributed by atoms with E-state index in [-0.39, 0.29) is 16.3 Å². The van der Waals surface area contributed by atoms with Crippen molar-refractivity contribution >= 4 is 28.9 Å². The number of nitrogens with one attached hydrogen (secondary N) is 1. The molecule has 0 heterocycles. The molecule has 0 aromatic heterocycles. The van der Waals surface area contributed by atoms with Gasteiger partial charge in [-0.15, -0.1) is 0 Å². The first-order chi connectivity index (χ1) is 10.5. The molecular weight excluding hydrogens is 304 g/mol. The fourth-order valence-electron chi connectivity index (χ4n) is 2.09. The van der Waals surface area contributed by atoms with Crippen LogP contribution in [0.25, 0.3) is 0 Å². The molecule has 0 aliphatic rings. The van der Waals surface area contributed by atoms with E-state index in [4.69, 9.17) is 11.6 Å². The number of hydrogen-bond donors (Lipinski definition) is 1. The van der Waals surface area contributed by atoms with Gasteiger partial charge < -0.3 is 5.32 Å². The molecule has 0 bridgehead atoms. The highest BCUT2D eigenvalue weighted by Crippen LogP contribution is 2.24. The number of halogens is 1. The van der Waals surface area contributed by atoms with Gasteiger partial charge in [0.25, 0.3) is 11.6 Å². The van der Waals surface area contributed by atoms with Crippen molar-refractivity contribution in [3.63, 3.8) is 0 Å². The molecule has 2 aromatic rings. The number of carbonyl (C=O) groups excluding carboxylic acids is 1. The van der Waals surface area contributed by atoms with Crippen LogP contribution >= 0.6 is 11.6 Å². The Labute approximate surface area is 133 Å². The van der Waals surface area contributed by atoms with Crippen LogP contribution in [0, 0.1) is 10.1 Å².